The molecule has 2 heteroatoms. The number of hydrogen-bond acceptors (Lipinski definition) is 2. The summed E-state index contributed by atoms with van der Waals surface area (Å²) in [5.74, 6) is 1.29. The molecule has 4 N–H and O–H groups in total. The lowest BCUT2D eigenvalue weighted by molar-refractivity contribution is 0.530. The molecule has 0 amide bonds. The van der Waals surface area contributed by atoms with E-state index in [9.17, 15) is 0 Å². The molecule has 1 unspecified atom stereocenters. The van der Waals surface area contributed by atoms with E-state index in [1.54, 1.807) is 0 Å². The second-order valence-corrected chi connectivity index (χ2v) is 6.48. The van der Waals surface area contributed by atoms with Crippen LogP contribution in [0.5, 0.6) is 0 Å². The largest absolute Gasteiger partial charge is 0.306 e. The molecule has 0 fully saturated rings. The zero-order chi connectivity index (χ0) is 14.1. The van der Waals surface area contributed by atoms with E-state index in [2.05, 4.69) is 38.1 Å². The molecule has 0 radical (unpaired) electrons. The van der Waals surface area contributed by atoms with Crippen molar-refractivity contribution in [1.82, 2.24) is 0 Å². The van der Waals surface area contributed by atoms with Gasteiger partial charge in [-0.3, -0.25) is 0 Å². The Bertz CT molecular complexity index is 715. The second-order valence-electron chi connectivity index (χ2n) is 6.48. The van der Waals surface area contributed by atoms with Gasteiger partial charge in [-0.25, -0.2) is 0 Å². The molecule has 20 heavy (non-hydrogen) atoms. The molecule has 2 aromatic carbocycles. The normalized spacial score (nSPS) is 25.2. The molecule has 0 spiro atoms. The third kappa shape index (κ3) is 1.36. The van der Waals surface area contributed by atoms with Crippen molar-refractivity contribution in [2.75, 3.05) is 0 Å². The van der Waals surface area contributed by atoms with E-state index < -0.39 is 5.66 Å². The van der Waals surface area contributed by atoms with Gasteiger partial charge in [-0.1, -0.05) is 50.2 Å². The van der Waals surface area contributed by atoms with Gasteiger partial charge in [-0.2, -0.15) is 0 Å². The van der Waals surface area contributed by atoms with Crippen LogP contribution in [0.15, 0.2) is 36.4 Å². The fourth-order valence-electron chi connectivity index (χ4n) is 3.88. The fraction of sp³-hybridized carbons (Fsp3) is 0.333. The minimum Gasteiger partial charge on any atom is -0.306 e. The maximum atomic E-state index is 6.45. The quantitative estimate of drug-likeness (QED) is 0.718. The summed E-state index contributed by atoms with van der Waals surface area (Å²) >= 11 is 0. The summed E-state index contributed by atoms with van der Waals surface area (Å²) < 4.78 is 0. The van der Waals surface area contributed by atoms with E-state index in [1.165, 1.54) is 22.3 Å². The van der Waals surface area contributed by atoms with Crippen molar-refractivity contribution in [3.63, 3.8) is 0 Å². The van der Waals surface area contributed by atoms with E-state index >= 15 is 0 Å². The highest BCUT2D eigenvalue weighted by molar-refractivity contribution is 5.81. The van der Waals surface area contributed by atoms with E-state index in [0.29, 0.717) is 11.8 Å². The summed E-state index contributed by atoms with van der Waals surface area (Å²) in [6, 6.07) is 12.8. The molecule has 2 aliphatic rings. The first-order chi connectivity index (χ1) is 9.50. The molecule has 2 aromatic rings. The topological polar surface area (TPSA) is 52.0 Å². The average molecular weight is 264 g/mol. The van der Waals surface area contributed by atoms with Crippen molar-refractivity contribution in [1.29, 1.82) is 0 Å². The van der Waals surface area contributed by atoms with Crippen LogP contribution in [0.1, 0.15) is 42.0 Å². The Balaban J connectivity index is 2.01. The molecule has 0 heterocycles. The van der Waals surface area contributed by atoms with Gasteiger partial charge in [0.2, 0.25) is 0 Å². The average Bonchev–Trinajstić information content (AvgIpc) is 2.83. The second kappa shape index (κ2) is 3.72. The predicted molar refractivity (Wildman–Crippen MR) is 82.3 cm³/mol. The Hall–Kier alpha value is -1.64. The van der Waals surface area contributed by atoms with Crippen molar-refractivity contribution in [2.24, 2.45) is 17.4 Å². The van der Waals surface area contributed by atoms with Crippen LogP contribution in [0, 0.1) is 5.92 Å². The molecular formula is C18H20N2. The summed E-state index contributed by atoms with van der Waals surface area (Å²) in [7, 11) is 0. The van der Waals surface area contributed by atoms with E-state index in [4.69, 9.17) is 11.5 Å². The summed E-state index contributed by atoms with van der Waals surface area (Å²) in [6.45, 7) is 4.63. The molecule has 0 saturated heterocycles. The molecule has 0 saturated carbocycles. The summed E-state index contributed by atoms with van der Waals surface area (Å²) in [6.07, 6.45) is 1.16. The lowest BCUT2D eigenvalue weighted by Gasteiger charge is -2.22. The highest BCUT2D eigenvalue weighted by Gasteiger charge is 2.39. The van der Waals surface area contributed by atoms with Gasteiger partial charge in [0.15, 0.2) is 0 Å². The van der Waals surface area contributed by atoms with Crippen LogP contribution in [0.4, 0.5) is 0 Å². The third-order valence-electron chi connectivity index (χ3n) is 5.27. The highest BCUT2D eigenvalue weighted by Crippen LogP contribution is 2.48. The van der Waals surface area contributed by atoms with Gasteiger partial charge in [0.1, 0.15) is 5.66 Å². The van der Waals surface area contributed by atoms with Crippen LogP contribution >= 0.6 is 0 Å². The maximum absolute atomic E-state index is 6.45. The smallest absolute Gasteiger partial charge is 0.118 e. The molecule has 2 nitrogen and oxygen atoms in total. The summed E-state index contributed by atoms with van der Waals surface area (Å²) in [5.41, 5.74) is 19.5. The predicted octanol–water partition coefficient (Wildman–Crippen LogP) is 3.08. The summed E-state index contributed by atoms with van der Waals surface area (Å²) in [5, 5.41) is 0. The fourth-order valence-corrected chi connectivity index (χ4v) is 3.88. The molecule has 0 aromatic heterocycles. The summed E-state index contributed by atoms with van der Waals surface area (Å²) in [4.78, 5) is 0. The standard InChI is InChI=1S/C18H20N2/c1-10-7-12-8-15-13-5-3-4-6-16(13)18(19,20)17(15)9-14(12)11(10)2/h3-6,8-11H,7,19-20H2,1-2H3/t10-,11?/m0/s1. The number of benzene rings is 2. The molecule has 4 rings (SSSR count). The molecule has 0 bridgehead atoms. The molecule has 0 aliphatic heterocycles. The van der Waals surface area contributed by atoms with Gasteiger partial charge in [0.25, 0.3) is 0 Å². The first-order valence-corrected chi connectivity index (χ1v) is 7.35. The van der Waals surface area contributed by atoms with Crippen molar-refractivity contribution in [3.8, 4) is 11.1 Å². The third-order valence-corrected chi connectivity index (χ3v) is 5.27. The first kappa shape index (κ1) is 12.1. The number of nitrogens with two attached hydrogens (primary N) is 2. The van der Waals surface area contributed by atoms with Crippen LogP contribution in [0.2, 0.25) is 0 Å². The zero-order valence-corrected chi connectivity index (χ0v) is 12.0. The Morgan fingerprint density at radius 1 is 1.00 bits per heavy atom. The molecule has 2 aliphatic carbocycles. The van der Waals surface area contributed by atoms with Crippen molar-refractivity contribution < 1.29 is 0 Å². The number of fused-ring (bicyclic) bond motifs is 4. The van der Waals surface area contributed by atoms with Crippen LogP contribution in [-0.4, -0.2) is 0 Å². The molecule has 102 valence electrons. The van der Waals surface area contributed by atoms with Gasteiger partial charge in [0, 0.05) is 0 Å². The van der Waals surface area contributed by atoms with Gasteiger partial charge in [0.05, 0.1) is 0 Å². The Morgan fingerprint density at radius 2 is 1.75 bits per heavy atom. The lowest BCUT2D eigenvalue weighted by atomic mass is 9.92. The van der Waals surface area contributed by atoms with Gasteiger partial charge < -0.3 is 11.5 Å². The van der Waals surface area contributed by atoms with Crippen molar-refractivity contribution >= 4 is 0 Å². The number of rotatable bonds is 0. The highest BCUT2D eigenvalue weighted by atomic mass is 15.0. The molecule has 2 atom stereocenters. The Kier molecular flexibility index (Phi) is 2.25. The van der Waals surface area contributed by atoms with Crippen molar-refractivity contribution in [3.05, 3.63) is 58.7 Å². The SMILES string of the molecule is CC1c2cc3c(cc2C[C@@H]1C)-c1ccccc1C3(N)N. The molecular weight excluding hydrogens is 244 g/mol. The minimum absolute atomic E-state index is 0.592. The zero-order valence-electron chi connectivity index (χ0n) is 12.0. The van der Waals surface area contributed by atoms with Crippen LogP contribution in [-0.2, 0) is 12.1 Å². The van der Waals surface area contributed by atoms with E-state index in [-0.39, 0.29) is 0 Å². The Labute approximate surface area is 119 Å². The van der Waals surface area contributed by atoms with Gasteiger partial charge >= 0.3 is 0 Å². The monoisotopic (exact) mass is 264 g/mol. The van der Waals surface area contributed by atoms with Gasteiger partial charge in [-0.05, 0) is 51.6 Å². The first-order valence-electron chi connectivity index (χ1n) is 7.35. The van der Waals surface area contributed by atoms with Crippen molar-refractivity contribution in [2.45, 2.75) is 31.8 Å². The van der Waals surface area contributed by atoms with Crippen LogP contribution in [0.25, 0.3) is 11.1 Å². The number of hydrogen-bond donors (Lipinski definition) is 2. The minimum atomic E-state index is -0.855. The van der Waals surface area contributed by atoms with E-state index in [0.717, 1.165) is 17.5 Å². The lowest BCUT2D eigenvalue weighted by Crippen LogP contribution is -2.45. The Morgan fingerprint density at radius 3 is 2.55 bits per heavy atom. The van der Waals surface area contributed by atoms with Crippen LogP contribution < -0.4 is 11.5 Å². The maximum Gasteiger partial charge on any atom is 0.118 e. The van der Waals surface area contributed by atoms with Crippen LogP contribution in [0.3, 0.4) is 0 Å². The van der Waals surface area contributed by atoms with E-state index in [1.807, 2.05) is 12.1 Å². The van der Waals surface area contributed by atoms with Gasteiger partial charge in [-0.15, -0.1) is 0 Å².